The van der Waals surface area contributed by atoms with E-state index in [2.05, 4.69) is 28.7 Å². The third-order valence-electron chi connectivity index (χ3n) is 3.70. The second kappa shape index (κ2) is 5.91. The monoisotopic (exact) mass is 311 g/mol. The molecule has 0 radical (unpaired) electrons. The summed E-state index contributed by atoms with van der Waals surface area (Å²) in [7, 11) is 1.67. The minimum absolute atomic E-state index is 0.233. The zero-order chi connectivity index (χ0) is 16.6. The van der Waals surface area contributed by atoms with E-state index in [1.54, 1.807) is 7.11 Å². The van der Waals surface area contributed by atoms with Crippen molar-refractivity contribution in [1.29, 1.82) is 0 Å². The Morgan fingerprint density at radius 3 is 2.39 bits per heavy atom. The highest BCUT2D eigenvalue weighted by Gasteiger charge is 2.20. The number of aromatic nitrogens is 2. The molecule has 0 saturated carbocycles. The molecule has 0 unspecified atom stereocenters. The molecule has 3 rings (SSSR count). The molecular formula is C18H21N3O2. The number of benzene rings is 1. The van der Waals surface area contributed by atoms with Gasteiger partial charge < -0.3 is 14.1 Å². The minimum Gasteiger partial charge on any atom is -0.497 e. The molecule has 0 amide bonds. The van der Waals surface area contributed by atoms with Crippen molar-refractivity contribution in [1.82, 2.24) is 9.97 Å². The van der Waals surface area contributed by atoms with Gasteiger partial charge in [0.05, 0.1) is 12.5 Å². The van der Waals surface area contributed by atoms with Crippen molar-refractivity contribution < 1.29 is 9.15 Å². The Hall–Kier alpha value is -2.56. The van der Waals surface area contributed by atoms with Gasteiger partial charge >= 0.3 is 0 Å². The van der Waals surface area contributed by atoms with Crippen molar-refractivity contribution in [2.45, 2.75) is 33.7 Å². The van der Waals surface area contributed by atoms with E-state index in [1.165, 1.54) is 0 Å². The van der Waals surface area contributed by atoms with Crippen molar-refractivity contribution in [3.63, 3.8) is 0 Å². The van der Waals surface area contributed by atoms with Crippen LogP contribution in [0.4, 0.5) is 11.5 Å². The summed E-state index contributed by atoms with van der Waals surface area (Å²) in [5, 5.41) is 0.928. The predicted molar refractivity (Wildman–Crippen MR) is 91.5 cm³/mol. The van der Waals surface area contributed by atoms with Crippen molar-refractivity contribution in [2.75, 3.05) is 12.0 Å². The molecule has 0 bridgehead atoms. The van der Waals surface area contributed by atoms with Crippen LogP contribution in [-0.2, 0) is 0 Å². The summed E-state index contributed by atoms with van der Waals surface area (Å²) >= 11 is 0. The van der Waals surface area contributed by atoms with E-state index in [9.17, 15) is 0 Å². The van der Waals surface area contributed by atoms with Crippen LogP contribution in [0.3, 0.4) is 0 Å². The number of ether oxygens (including phenoxy) is 1. The van der Waals surface area contributed by atoms with Crippen LogP contribution in [0.15, 0.2) is 34.7 Å². The van der Waals surface area contributed by atoms with Crippen LogP contribution in [-0.4, -0.2) is 23.1 Å². The average molecular weight is 311 g/mol. The fourth-order valence-electron chi connectivity index (χ4n) is 2.72. The quantitative estimate of drug-likeness (QED) is 0.715. The van der Waals surface area contributed by atoms with E-state index in [-0.39, 0.29) is 6.04 Å². The molecule has 1 aromatic carbocycles. The Morgan fingerprint density at radius 1 is 1.09 bits per heavy atom. The first kappa shape index (κ1) is 15.3. The summed E-state index contributed by atoms with van der Waals surface area (Å²) < 4.78 is 10.9. The number of hydrogen-bond donors (Lipinski definition) is 0. The van der Waals surface area contributed by atoms with Gasteiger partial charge in [0.15, 0.2) is 0 Å². The van der Waals surface area contributed by atoms with Gasteiger partial charge in [-0.15, -0.1) is 0 Å². The van der Waals surface area contributed by atoms with Gasteiger partial charge in [0.2, 0.25) is 5.71 Å². The van der Waals surface area contributed by atoms with Gasteiger partial charge in [0, 0.05) is 11.7 Å². The predicted octanol–water partition coefficient (Wildman–Crippen LogP) is 4.39. The lowest BCUT2D eigenvalue weighted by atomic mass is 10.2. The number of rotatable bonds is 4. The number of methoxy groups -OCH3 is 1. The van der Waals surface area contributed by atoms with Crippen molar-refractivity contribution in [3.05, 3.63) is 41.9 Å². The largest absolute Gasteiger partial charge is 0.497 e. The fourth-order valence-corrected chi connectivity index (χ4v) is 2.72. The highest BCUT2D eigenvalue weighted by molar-refractivity contribution is 5.89. The van der Waals surface area contributed by atoms with Gasteiger partial charge in [-0.2, -0.15) is 4.98 Å². The van der Waals surface area contributed by atoms with Gasteiger partial charge in [-0.25, -0.2) is 4.98 Å². The summed E-state index contributed by atoms with van der Waals surface area (Å²) in [5.41, 5.74) is 1.68. The fraction of sp³-hybridized carbons (Fsp3) is 0.333. The zero-order valence-electron chi connectivity index (χ0n) is 14.1. The Bertz CT molecular complexity index is 822. The number of nitrogens with zero attached hydrogens (tertiary/aromatic N) is 3. The number of hydrogen-bond acceptors (Lipinski definition) is 5. The second-order valence-corrected chi connectivity index (χ2v) is 5.83. The van der Waals surface area contributed by atoms with E-state index in [1.807, 2.05) is 44.2 Å². The molecule has 2 heterocycles. The van der Waals surface area contributed by atoms with Crippen LogP contribution in [0.2, 0.25) is 0 Å². The lowest BCUT2D eigenvalue weighted by Crippen LogP contribution is -2.26. The van der Waals surface area contributed by atoms with Gasteiger partial charge in [-0.3, -0.25) is 0 Å². The number of fused-ring (bicyclic) bond motifs is 1. The Kier molecular flexibility index (Phi) is 3.94. The van der Waals surface area contributed by atoms with Crippen molar-refractivity contribution in [2.24, 2.45) is 0 Å². The second-order valence-electron chi connectivity index (χ2n) is 5.83. The molecule has 23 heavy (non-hydrogen) atoms. The van der Waals surface area contributed by atoms with Crippen LogP contribution in [0, 0.1) is 13.8 Å². The van der Waals surface area contributed by atoms with Crippen LogP contribution in [0.1, 0.15) is 25.4 Å². The summed E-state index contributed by atoms with van der Waals surface area (Å²) in [6, 6.07) is 10.2. The highest BCUT2D eigenvalue weighted by Crippen LogP contribution is 2.34. The first-order chi connectivity index (χ1) is 11.0. The minimum atomic E-state index is 0.233. The lowest BCUT2D eigenvalue weighted by Gasteiger charge is -2.28. The summed E-state index contributed by atoms with van der Waals surface area (Å²) in [6.45, 7) is 8.09. The molecule has 5 nitrogen and oxygen atoms in total. The summed E-state index contributed by atoms with van der Waals surface area (Å²) in [5.74, 6) is 3.23. The summed E-state index contributed by atoms with van der Waals surface area (Å²) in [4.78, 5) is 11.3. The molecule has 3 aromatic rings. The number of furan rings is 1. The smallest absolute Gasteiger partial charge is 0.231 e. The molecule has 0 saturated heterocycles. The summed E-state index contributed by atoms with van der Waals surface area (Å²) in [6.07, 6.45) is 0. The third-order valence-corrected chi connectivity index (χ3v) is 3.70. The lowest BCUT2D eigenvalue weighted by molar-refractivity contribution is 0.415. The van der Waals surface area contributed by atoms with Crippen LogP contribution in [0.25, 0.3) is 11.1 Å². The standard InChI is InChI=1S/C18H21N3O2/c1-11(2)21(14-6-8-15(22-5)9-7-14)17-16-10-12(3)23-18(16)20-13(4)19-17/h6-11H,1-5H3. The molecular weight excluding hydrogens is 290 g/mol. The Balaban J connectivity index is 2.18. The Morgan fingerprint density at radius 2 is 1.78 bits per heavy atom. The van der Waals surface area contributed by atoms with E-state index in [4.69, 9.17) is 9.15 Å². The maximum atomic E-state index is 5.69. The van der Waals surface area contributed by atoms with Gasteiger partial charge in [-0.05, 0) is 58.0 Å². The van der Waals surface area contributed by atoms with Crippen LogP contribution in [0.5, 0.6) is 5.75 Å². The maximum Gasteiger partial charge on any atom is 0.231 e. The Labute approximate surface area is 135 Å². The highest BCUT2D eigenvalue weighted by atomic mass is 16.5. The molecule has 2 aromatic heterocycles. The van der Waals surface area contributed by atoms with E-state index < -0.39 is 0 Å². The van der Waals surface area contributed by atoms with Gasteiger partial charge in [0.1, 0.15) is 23.2 Å². The molecule has 120 valence electrons. The number of anilines is 2. The SMILES string of the molecule is COc1ccc(N(c2nc(C)nc3oc(C)cc23)C(C)C)cc1. The topological polar surface area (TPSA) is 51.4 Å². The zero-order valence-corrected chi connectivity index (χ0v) is 14.1. The van der Waals surface area contributed by atoms with Gasteiger partial charge in [0.25, 0.3) is 0 Å². The molecule has 0 N–H and O–H groups in total. The molecule has 0 spiro atoms. The van der Waals surface area contributed by atoms with E-state index in [0.29, 0.717) is 11.5 Å². The van der Waals surface area contributed by atoms with Crippen molar-refractivity contribution in [3.8, 4) is 5.75 Å². The molecule has 0 aliphatic heterocycles. The number of aryl methyl sites for hydroxylation is 2. The third kappa shape index (κ3) is 2.86. The maximum absolute atomic E-state index is 5.69. The average Bonchev–Trinajstić information content (AvgIpc) is 2.88. The van der Waals surface area contributed by atoms with E-state index in [0.717, 1.165) is 28.4 Å². The van der Waals surface area contributed by atoms with Crippen LogP contribution < -0.4 is 9.64 Å². The van der Waals surface area contributed by atoms with Crippen LogP contribution >= 0.6 is 0 Å². The van der Waals surface area contributed by atoms with Gasteiger partial charge in [-0.1, -0.05) is 0 Å². The molecule has 0 fully saturated rings. The normalized spacial score (nSPS) is 11.2. The molecule has 0 atom stereocenters. The first-order valence-corrected chi connectivity index (χ1v) is 7.67. The first-order valence-electron chi connectivity index (χ1n) is 7.67. The molecule has 0 aliphatic carbocycles. The molecule has 5 heteroatoms. The van der Waals surface area contributed by atoms with E-state index >= 15 is 0 Å². The van der Waals surface area contributed by atoms with Crippen molar-refractivity contribution >= 4 is 22.6 Å². The molecule has 0 aliphatic rings.